The van der Waals surface area contributed by atoms with Gasteiger partial charge in [-0.05, 0) is 24.7 Å². The Hall–Kier alpha value is -0.610. The molecule has 0 aromatic heterocycles. The SMILES string of the molecule is NC1(C(=O)NC2[C@H]3CNC[C@@H]23)CC1. The number of fused-ring (bicyclic) bond motifs is 1. The number of rotatable bonds is 2. The molecule has 3 rings (SSSR count). The number of piperidine rings is 1. The number of nitrogens with one attached hydrogen (secondary N) is 2. The van der Waals surface area contributed by atoms with Crippen molar-refractivity contribution in [1.82, 2.24) is 10.6 Å². The van der Waals surface area contributed by atoms with Crippen LogP contribution in [0.1, 0.15) is 12.8 Å². The van der Waals surface area contributed by atoms with E-state index in [4.69, 9.17) is 5.73 Å². The van der Waals surface area contributed by atoms with Crippen LogP contribution in [0, 0.1) is 11.8 Å². The Kier molecular flexibility index (Phi) is 1.34. The maximum atomic E-state index is 11.6. The summed E-state index contributed by atoms with van der Waals surface area (Å²) in [6.07, 6.45) is 1.72. The van der Waals surface area contributed by atoms with Crippen molar-refractivity contribution in [3.05, 3.63) is 0 Å². The van der Waals surface area contributed by atoms with E-state index in [9.17, 15) is 4.79 Å². The summed E-state index contributed by atoms with van der Waals surface area (Å²) >= 11 is 0. The molecule has 0 bridgehead atoms. The smallest absolute Gasteiger partial charge is 0.240 e. The predicted molar refractivity (Wildman–Crippen MR) is 47.9 cm³/mol. The van der Waals surface area contributed by atoms with Crippen molar-refractivity contribution in [3.8, 4) is 0 Å². The van der Waals surface area contributed by atoms with Gasteiger partial charge >= 0.3 is 0 Å². The van der Waals surface area contributed by atoms with Gasteiger partial charge in [0.05, 0.1) is 5.54 Å². The van der Waals surface area contributed by atoms with Crippen LogP contribution in [-0.2, 0) is 4.79 Å². The van der Waals surface area contributed by atoms with E-state index in [2.05, 4.69) is 10.6 Å². The third-order valence-corrected chi connectivity index (χ3v) is 3.63. The molecule has 0 spiro atoms. The largest absolute Gasteiger partial charge is 0.351 e. The Bertz CT molecular complexity index is 252. The third-order valence-electron chi connectivity index (χ3n) is 3.63. The molecule has 4 N–H and O–H groups in total. The number of hydrogen-bond donors (Lipinski definition) is 3. The van der Waals surface area contributed by atoms with Crippen LogP contribution in [0.3, 0.4) is 0 Å². The topological polar surface area (TPSA) is 67.2 Å². The van der Waals surface area contributed by atoms with Gasteiger partial charge < -0.3 is 16.4 Å². The molecule has 13 heavy (non-hydrogen) atoms. The second-order valence-corrected chi connectivity index (χ2v) is 4.64. The summed E-state index contributed by atoms with van der Waals surface area (Å²) < 4.78 is 0. The molecule has 0 aromatic rings. The average molecular weight is 181 g/mol. The number of amides is 1. The van der Waals surface area contributed by atoms with E-state index in [0.29, 0.717) is 17.9 Å². The fraction of sp³-hybridized carbons (Fsp3) is 0.889. The summed E-state index contributed by atoms with van der Waals surface area (Å²) in [7, 11) is 0. The standard InChI is InChI=1S/C9H15N3O/c10-9(1-2-9)8(13)12-7-5-3-11-4-6(5)7/h5-7,11H,1-4,10H2,(H,12,13)/t5-,6+,7?. The van der Waals surface area contributed by atoms with Gasteiger partial charge in [0.25, 0.3) is 0 Å². The fourth-order valence-corrected chi connectivity index (χ4v) is 2.29. The Labute approximate surface area is 77.2 Å². The first-order chi connectivity index (χ1) is 6.21. The van der Waals surface area contributed by atoms with Gasteiger partial charge in [0.15, 0.2) is 0 Å². The lowest BCUT2D eigenvalue weighted by Gasteiger charge is -2.11. The minimum absolute atomic E-state index is 0.0758. The van der Waals surface area contributed by atoms with Gasteiger partial charge in [-0.3, -0.25) is 4.79 Å². The molecule has 72 valence electrons. The van der Waals surface area contributed by atoms with Gasteiger partial charge in [-0.25, -0.2) is 0 Å². The number of carbonyl (C=O) groups is 1. The van der Waals surface area contributed by atoms with E-state index in [0.717, 1.165) is 25.9 Å². The lowest BCUT2D eigenvalue weighted by molar-refractivity contribution is -0.123. The summed E-state index contributed by atoms with van der Waals surface area (Å²) in [5.74, 6) is 1.45. The normalized spacial score (nSPS) is 43.9. The summed E-state index contributed by atoms with van der Waals surface area (Å²) in [6.45, 7) is 2.13. The Balaban J connectivity index is 1.56. The van der Waals surface area contributed by atoms with Crippen LogP contribution in [0.15, 0.2) is 0 Å². The number of carbonyl (C=O) groups excluding carboxylic acids is 1. The van der Waals surface area contributed by atoms with Crippen LogP contribution < -0.4 is 16.4 Å². The molecule has 4 nitrogen and oxygen atoms in total. The van der Waals surface area contributed by atoms with Crippen LogP contribution in [0.2, 0.25) is 0 Å². The molecule has 2 aliphatic carbocycles. The molecule has 0 aromatic carbocycles. The lowest BCUT2D eigenvalue weighted by atomic mass is 10.2. The summed E-state index contributed by atoms with van der Waals surface area (Å²) in [5.41, 5.74) is 5.29. The molecule has 1 amide bonds. The maximum absolute atomic E-state index is 11.6. The Morgan fingerprint density at radius 1 is 1.38 bits per heavy atom. The molecule has 4 heteroatoms. The van der Waals surface area contributed by atoms with Crippen LogP contribution in [-0.4, -0.2) is 30.6 Å². The van der Waals surface area contributed by atoms with E-state index < -0.39 is 5.54 Å². The van der Waals surface area contributed by atoms with Gasteiger partial charge in [-0.15, -0.1) is 0 Å². The number of hydrogen-bond acceptors (Lipinski definition) is 3. The highest BCUT2D eigenvalue weighted by atomic mass is 16.2. The second kappa shape index (κ2) is 2.25. The maximum Gasteiger partial charge on any atom is 0.240 e. The van der Waals surface area contributed by atoms with Crippen molar-refractivity contribution in [2.24, 2.45) is 17.6 Å². The minimum Gasteiger partial charge on any atom is -0.351 e. The van der Waals surface area contributed by atoms with Crippen molar-refractivity contribution in [2.75, 3.05) is 13.1 Å². The summed E-state index contributed by atoms with van der Waals surface area (Å²) in [4.78, 5) is 11.6. The van der Waals surface area contributed by atoms with Gasteiger partial charge in [-0.1, -0.05) is 0 Å². The third kappa shape index (κ3) is 1.09. The molecule has 2 saturated carbocycles. The predicted octanol–water partition coefficient (Wildman–Crippen LogP) is -1.19. The lowest BCUT2D eigenvalue weighted by Crippen LogP contribution is -2.45. The first kappa shape index (κ1) is 7.76. The van der Waals surface area contributed by atoms with Gasteiger partial charge in [0.2, 0.25) is 5.91 Å². The molecule has 1 aliphatic heterocycles. The van der Waals surface area contributed by atoms with Crippen LogP contribution >= 0.6 is 0 Å². The monoisotopic (exact) mass is 181 g/mol. The molecule has 0 radical (unpaired) electrons. The minimum atomic E-state index is -0.496. The van der Waals surface area contributed by atoms with Crippen molar-refractivity contribution in [3.63, 3.8) is 0 Å². The van der Waals surface area contributed by atoms with Gasteiger partial charge in [0, 0.05) is 19.1 Å². The quantitative estimate of drug-likeness (QED) is 0.502. The molecule has 3 atom stereocenters. The molecular weight excluding hydrogens is 166 g/mol. The van der Waals surface area contributed by atoms with Crippen LogP contribution in [0.5, 0.6) is 0 Å². The van der Waals surface area contributed by atoms with Crippen LogP contribution in [0.25, 0.3) is 0 Å². The zero-order valence-corrected chi connectivity index (χ0v) is 7.55. The van der Waals surface area contributed by atoms with Crippen molar-refractivity contribution >= 4 is 5.91 Å². The van der Waals surface area contributed by atoms with E-state index in [1.165, 1.54) is 0 Å². The van der Waals surface area contributed by atoms with Gasteiger partial charge in [0.1, 0.15) is 0 Å². The van der Waals surface area contributed by atoms with E-state index in [1.54, 1.807) is 0 Å². The van der Waals surface area contributed by atoms with Crippen molar-refractivity contribution in [1.29, 1.82) is 0 Å². The molecule has 1 saturated heterocycles. The molecule has 1 heterocycles. The second-order valence-electron chi connectivity index (χ2n) is 4.64. The first-order valence-corrected chi connectivity index (χ1v) is 5.01. The van der Waals surface area contributed by atoms with E-state index in [-0.39, 0.29) is 5.91 Å². The highest BCUT2D eigenvalue weighted by molar-refractivity contribution is 5.89. The highest BCUT2D eigenvalue weighted by Crippen LogP contribution is 2.42. The average Bonchev–Trinajstić information content (AvgIpc) is 2.95. The van der Waals surface area contributed by atoms with Crippen molar-refractivity contribution in [2.45, 2.75) is 24.4 Å². The Morgan fingerprint density at radius 3 is 2.54 bits per heavy atom. The molecular formula is C9H15N3O. The molecule has 3 fully saturated rings. The zero-order chi connectivity index (χ0) is 9.05. The zero-order valence-electron chi connectivity index (χ0n) is 7.55. The van der Waals surface area contributed by atoms with E-state index in [1.807, 2.05) is 0 Å². The fourth-order valence-electron chi connectivity index (χ4n) is 2.29. The van der Waals surface area contributed by atoms with Gasteiger partial charge in [-0.2, -0.15) is 0 Å². The first-order valence-electron chi connectivity index (χ1n) is 5.01. The van der Waals surface area contributed by atoms with E-state index >= 15 is 0 Å². The Morgan fingerprint density at radius 2 is 2.00 bits per heavy atom. The molecule has 3 aliphatic rings. The summed E-state index contributed by atoms with van der Waals surface area (Å²) in [6, 6.07) is 0.426. The van der Waals surface area contributed by atoms with Crippen molar-refractivity contribution < 1.29 is 4.79 Å². The summed E-state index contributed by atoms with van der Waals surface area (Å²) in [5, 5.41) is 6.35. The highest BCUT2D eigenvalue weighted by Gasteiger charge is 2.56. The number of nitrogens with two attached hydrogens (primary N) is 1. The molecule has 1 unspecified atom stereocenters. The van der Waals surface area contributed by atoms with Crippen LogP contribution in [0.4, 0.5) is 0 Å².